The number of phenolic OH excluding ortho intramolecular Hbond substituents is 1. The molecule has 0 radical (unpaired) electrons. The number of aromatic nitrogens is 4. The van der Waals surface area contributed by atoms with Gasteiger partial charge in [-0.2, -0.15) is 0 Å². The van der Waals surface area contributed by atoms with Gasteiger partial charge in [-0.25, -0.2) is 15.4 Å². The molecule has 0 bridgehead atoms. The van der Waals surface area contributed by atoms with Gasteiger partial charge in [-0.05, 0) is 24.1 Å². The molecule has 0 aliphatic heterocycles. The van der Waals surface area contributed by atoms with Crippen molar-refractivity contribution in [1.82, 2.24) is 41.4 Å². The third kappa shape index (κ3) is 12.7. The Morgan fingerprint density at radius 2 is 1.20 bits per heavy atom. The maximum absolute atomic E-state index is 13.7. The van der Waals surface area contributed by atoms with E-state index < -0.39 is 35.8 Å². The molecular weight excluding hydrogens is 592 g/mol. The van der Waals surface area contributed by atoms with Crippen LogP contribution >= 0.6 is 0 Å². The Labute approximate surface area is 268 Å². The number of benzene rings is 1. The Bertz CT molecular complexity index is 1330. The molecular formula is C32H46N8O6. The number of aromatic hydroxyl groups is 1. The molecule has 3 atom stereocenters. The Balaban J connectivity index is 1.70. The van der Waals surface area contributed by atoms with Gasteiger partial charge in [0.2, 0.25) is 17.7 Å². The van der Waals surface area contributed by atoms with Crippen LogP contribution < -0.4 is 21.4 Å². The summed E-state index contributed by atoms with van der Waals surface area (Å²) in [6, 6.07) is 2.92. The maximum atomic E-state index is 13.7. The summed E-state index contributed by atoms with van der Waals surface area (Å²) in [6.07, 6.45) is 14.9. The normalized spacial score (nSPS) is 12.9. The minimum absolute atomic E-state index is 0.00112. The molecule has 0 saturated heterocycles. The van der Waals surface area contributed by atoms with Gasteiger partial charge in [-0.15, -0.1) is 0 Å². The van der Waals surface area contributed by atoms with Crippen LogP contribution in [0.2, 0.25) is 0 Å². The maximum Gasteiger partial charge on any atom is 0.266 e. The highest BCUT2D eigenvalue weighted by molar-refractivity contribution is 5.94. The first kappa shape index (κ1) is 35.8. The molecule has 0 spiro atoms. The van der Waals surface area contributed by atoms with Crippen LogP contribution in [0.15, 0.2) is 49.3 Å². The van der Waals surface area contributed by atoms with E-state index in [1.165, 1.54) is 62.9 Å². The lowest BCUT2D eigenvalue weighted by molar-refractivity contribution is -0.136. The van der Waals surface area contributed by atoms with E-state index in [4.69, 9.17) is 0 Å². The lowest BCUT2D eigenvalue weighted by Gasteiger charge is -2.25. The minimum atomic E-state index is -1.18. The highest BCUT2D eigenvalue weighted by Gasteiger charge is 2.30. The fourth-order valence-electron chi connectivity index (χ4n) is 5.04. The number of carbonyl (C=O) groups excluding carboxylic acids is 4. The molecule has 3 rings (SSSR count). The molecule has 250 valence electrons. The van der Waals surface area contributed by atoms with Crippen LogP contribution in [-0.2, 0) is 38.4 Å². The molecule has 2 heterocycles. The predicted molar refractivity (Wildman–Crippen MR) is 169 cm³/mol. The van der Waals surface area contributed by atoms with E-state index >= 15 is 0 Å². The highest BCUT2D eigenvalue weighted by Crippen LogP contribution is 2.13. The van der Waals surface area contributed by atoms with Gasteiger partial charge >= 0.3 is 0 Å². The third-order valence-electron chi connectivity index (χ3n) is 7.62. The van der Waals surface area contributed by atoms with Crippen LogP contribution in [0.1, 0.15) is 81.7 Å². The summed E-state index contributed by atoms with van der Waals surface area (Å²) in [6.45, 7) is 2.18. The van der Waals surface area contributed by atoms with Crippen molar-refractivity contribution in [1.29, 1.82) is 0 Å². The van der Waals surface area contributed by atoms with Crippen molar-refractivity contribution >= 4 is 23.6 Å². The fraction of sp³-hybridized carbons (Fsp3) is 0.500. The molecule has 4 amide bonds. The summed E-state index contributed by atoms with van der Waals surface area (Å²) < 4.78 is 0. The van der Waals surface area contributed by atoms with Crippen molar-refractivity contribution in [2.45, 2.75) is 102 Å². The van der Waals surface area contributed by atoms with E-state index in [1.807, 2.05) is 0 Å². The Kier molecular flexibility index (Phi) is 15.3. The molecule has 2 aromatic heterocycles. The molecule has 46 heavy (non-hydrogen) atoms. The summed E-state index contributed by atoms with van der Waals surface area (Å²) >= 11 is 0. The van der Waals surface area contributed by atoms with Gasteiger partial charge in [0.05, 0.1) is 12.7 Å². The van der Waals surface area contributed by atoms with Crippen LogP contribution in [0.5, 0.6) is 5.75 Å². The number of imidazole rings is 2. The quantitative estimate of drug-likeness (QED) is 0.0491. The first-order chi connectivity index (χ1) is 22.3. The van der Waals surface area contributed by atoms with Crippen LogP contribution in [-0.4, -0.2) is 72.0 Å². The van der Waals surface area contributed by atoms with Crippen molar-refractivity contribution in [3.63, 3.8) is 0 Å². The van der Waals surface area contributed by atoms with E-state index in [2.05, 4.69) is 42.8 Å². The van der Waals surface area contributed by atoms with E-state index in [0.29, 0.717) is 23.4 Å². The summed E-state index contributed by atoms with van der Waals surface area (Å²) in [5, 5.41) is 27.1. The largest absolute Gasteiger partial charge is 0.508 e. The summed E-state index contributed by atoms with van der Waals surface area (Å²) in [7, 11) is 0. The molecule has 3 aromatic rings. The van der Waals surface area contributed by atoms with E-state index in [1.54, 1.807) is 17.6 Å². The number of hydrogen-bond acceptors (Lipinski definition) is 8. The number of hydrogen-bond donors (Lipinski definition) is 8. The van der Waals surface area contributed by atoms with E-state index in [0.717, 1.165) is 19.3 Å². The number of aromatic amines is 2. The number of hydroxylamine groups is 1. The van der Waals surface area contributed by atoms with Gasteiger partial charge in [0.25, 0.3) is 5.91 Å². The molecule has 1 aromatic carbocycles. The number of carbonyl (C=O) groups is 4. The second-order valence-electron chi connectivity index (χ2n) is 11.4. The van der Waals surface area contributed by atoms with Crippen LogP contribution in [0.4, 0.5) is 0 Å². The minimum Gasteiger partial charge on any atom is -0.508 e. The number of H-pyrrole nitrogens is 2. The molecule has 0 aliphatic carbocycles. The molecule has 0 fully saturated rings. The lowest BCUT2D eigenvalue weighted by atomic mass is 10.0. The van der Waals surface area contributed by atoms with E-state index in [9.17, 15) is 29.5 Å². The van der Waals surface area contributed by atoms with Crippen molar-refractivity contribution in [3.8, 4) is 5.75 Å². The van der Waals surface area contributed by atoms with Gasteiger partial charge < -0.3 is 31.0 Å². The Morgan fingerprint density at radius 3 is 1.70 bits per heavy atom. The zero-order chi connectivity index (χ0) is 33.1. The summed E-state index contributed by atoms with van der Waals surface area (Å²) in [5.41, 5.74) is 3.34. The molecule has 14 heteroatoms. The number of nitrogens with one attached hydrogen (secondary N) is 6. The van der Waals surface area contributed by atoms with Crippen molar-refractivity contribution in [2.24, 2.45) is 0 Å². The van der Waals surface area contributed by atoms with Crippen LogP contribution in [0.3, 0.4) is 0 Å². The first-order valence-electron chi connectivity index (χ1n) is 15.9. The smallest absolute Gasteiger partial charge is 0.266 e. The number of amides is 4. The SMILES string of the molecule is CCCCCCCCCCC(=O)N[C@@H](Cc1ccc(O)cc1)C(=O)N[C@@H](Cc1cnc[nH]1)C(=O)N[C@@H](Cc1cnc[nH]1)C(=O)NO. The van der Waals surface area contributed by atoms with Gasteiger partial charge in [-0.3, -0.25) is 24.4 Å². The Morgan fingerprint density at radius 1 is 0.696 bits per heavy atom. The van der Waals surface area contributed by atoms with Crippen molar-refractivity contribution in [2.75, 3.05) is 0 Å². The summed E-state index contributed by atoms with van der Waals surface area (Å²) in [5.74, 6) is -2.36. The molecule has 8 N–H and O–H groups in total. The number of phenols is 1. The number of unbranched alkanes of at least 4 members (excludes halogenated alkanes) is 7. The Hall–Kier alpha value is -4.72. The average Bonchev–Trinajstić information content (AvgIpc) is 3.77. The zero-order valence-corrected chi connectivity index (χ0v) is 26.3. The first-order valence-corrected chi connectivity index (χ1v) is 15.9. The average molecular weight is 639 g/mol. The van der Waals surface area contributed by atoms with Gasteiger partial charge in [-0.1, -0.05) is 64.0 Å². The van der Waals surface area contributed by atoms with Gasteiger partial charge in [0, 0.05) is 49.5 Å². The topological polar surface area (TPSA) is 214 Å². The second kappa shape index (κ2) is 19.6. The molecule has 0 aliphatic rings. The number of nitrogens with zero attached hydrogens (tertiary/aromatic N) is 2. The standard InChI is InChI=1S/C32H46N8O6/c1-2-3-4-5-6-7-8-9-10-29(42)37-26(15-22-11-13-25(41)14-12-22)30(43)38-27(16-23-18-33-20-35-23)31(44)39-28(32(45)40-46)17-24-19-34-21-36-24/h11-14,18-21,26-28,41,46H,2-10,15-17H2,1H3,(H,33,35)(H,34,36)(H,37,42)(H,38,43)(H,39,44)(H,40,45)/t26-,27-,28-/m0/s1. The molecule has 14 nitrogen and oxygen atoms in total. The van der Waals surface area contributed by atoms with Crippen molar-refractivity contribution in [3.05, 3.63) is 66.3 Å². The lowest BCUT2D eigenvalue weighted by Crippen LogP contribution is -2.58. The van der Waals surface area contributed by atoms with Gasteiger partial charge in [0.1, 0.15) is 23.9 Å². The van der Waals surface area contributed by atoms with Crippen LogP contribution in [0.25, 0.3) is 0 Å². The van der Waals surface area contributed by atoms with Crippen LogP contribution in [0, 0.1) is 0 Å². The zero-order valence-electron chi connectivity index (χ0n) is 26.3. The fourth-order valence-corrected chi connectivity index (χ4v) is 5.04. The second-order valence-corrected chi connectivity index (χ2v) is 11.4. The predicted octanol–water partition coefficient (Wildman–Crippen LogP) is 2.36. The third-order valence-corrected chi connectivity index (χ3v) is 7.62. The monoisotopic (exact) mass is 638 g/mol. The number of rotatable bonds is 21. The molecule has 0 unspecified atom stereocenters. The molecule has 0 saturated carbocycles. The summed E-state index contributed by atoms with van der Waals surface area (Å²) in [4.78, 5) is 66.2. The van der Waals surface area contributed by atoms with Crippen molar-refractivity contribution < 1.29 is 29.5 Å². The highest BCUT2D eigenvalue weighted by atomic mass is 16.5. The van der Waals surface area contributed by atoms with E-state index in [-0.39, 0.29) is 37.3 Å². The van der Waals surface area contributed by atoms with Gasteiger partial charge in [0.15, 0.2) is 0 Å².